The van der Waals surface area contributed by atoms with Crippen molar-refractivity contribution < 1.29 is 13.2 Å². The van der Waals surface area contributed by atoms with Crippen LogP contribution in [-0.4, -0.2) is 15.0 Å². The minimum atomic E-state index is -3.76. The van der Waals surface area contributed by atoms with Gasteiger partial charge >= 0.3 is 0 Å². The Balaban J connectivity index is 3.38. The van der Waals surface area contributed by atoms with Crippen LogP contribution >= 0.6 is 0 Å². The van der Waals surface area contributed by atoms with Crippen LogP contribution in [0.3, 0.4) is 0 Å². The molecule has 4 nitrogen and oxygen atoms in total. The van der Waals surface area contributed by atoms with Crippen LogP contribution in [0.25, 0.3) is 0 Å². The highest BCUT2D eigenvalue weighted by Gasteiger charge is 2.18. The number of nitrogens with two attached hydrogens (primary N) is 1. The third kappa shape index (κ3) is 3.46. The molecule has 18 heavy (non-hydrogen) atoms. The van der Waals surface area contributed by atoms with Crippen molar-refractivity contribution in [1.29, 1.82) is 0 Å². The van der Waals surface area contributed by atoms with E-state index in [1.807, 2.05) is 27.7 Å². The summed E-state index contributed by atoms with van der Waals surface area (Å²) in [5.41, 5.74) is 1.99. The molecule has 0 amide bonds. The van der Waals surface area contributed by atoms with Gasteiger partial charge in [0.2, 0.25) is 10.0 Å². The van der Waals surface area contributed by atoms with Gasteiger partial charge in [-0.15, -0.1) is 0 Å². The van der Waals surface area contributed by atoms with Crippen LogP contribution in [0.4, 0.5) is 0 Å². The molecule has 0 aromatic heterocycles. The Morgan fingerprint density at radius 3 is 2.39 bits per heavy atom. The Hall–Kier alpha value is -1.07. The second kappa shape index (κ2) is 5.71. The predicted octanol–water partition coefficient (Wildman–Crippen LogP) is 2.55. The zero-order valence-electron chi connectivity index (χ0n) is 11.4. The number of ether oxygens (including phenoxy) is 1. The third-order valence-electron chi connectivity index (χ3n) is 2.72. The molecule has 0 radical (unpaired) electrons. The molecule has 0 saturated carbocycles. The van der Waals surface area contributed by atoms with Crippen molar-refractivity contribution in [3.8, 4) is 5.75 Å². The monoisotopic (exact) mass is 271 g/mol. The fourth-order valence-electron chi connectivity index (χ4n) is 1.85. The molecule has 0 unspecified atom stereocenters. The maximum Gasteiger partial charge on any atom is 0.241 e. The minimum absolute atomic E-state index is 0.0743. The van der Waals surface area contributed by atoms with E-state index in [4.69, 9.17) is 9.88 Å². The highest BCUT2D eigenvalue weighted by molar-refractivity contribution is 7.89. The summed E-state index contributed by atoms with van der Waals surface area (Å²) in [7, 11) is -3.76. The summed E-state index contributed by atoms with van der Waals surface area (Å²) < 4.78 is 28.7. The number of primary sulfonamides is 1. The number of sulfonamides is 1. The minimum Gasteiger partial charge on any atom is -0.492 e. The number of hydrogen-bond acceptors (Lipinski definition) is 3. The van der Waals surface area contributed by atoms with E-state index in [0.717, 1.165) is 17.5 Å². The summed E-state index contributed by atoms with van der Waals surface area (Å²) in [5, 5.41) is 5.24. The van der Waals surface area contributed by atoms with E-state index in [1.54, 1.807) is 12.1 Å². The Morgan fingerprint density at radius 2 is 1.94 bits per heavy atom. The van der Waals surface area contributed by atoms with Crippen LogP contribution in [0.1, 0.15) is 44.2 Å². The number of rotatable bonds is 5. The van der Waals surface area contributed by atoms with E-state index in [2.05, 4.69) is 0 Å². The molecule has 1 rings (SSSR count). The molecule has 1 aromatic carbocycles. The maximum atomic E-state index is 11.6. The van der Waals surface area contributed by atoms with Gasteiger partial charge in [-0.05, 0) is 42.5 Å². The van der Waals surface area contributed by atoms with Gasteiger partial charge in [0.1, 0.15) is 10.6 Å². The molecule has 2 N–H and O–H groups in total. The SMILES string of the molecule is CCCOc1cc(C)c(C(C)C)cc1S(N)(=O)=O. The molecular weight excluding hydrogens is 250 g/mol. The topological polar surface area (TPSA) is 69.4 Å². The lowest BCUT2D eigenvalue weighted by molar-refractivity contribution is 0.309. The maximum absolute atomic E-state index is 11.6. The molecule has 0 bridgehead atoms. The van der Waals surface area contributed by atoms with Crippen LogP contribution in [0, 0.1) is 6.92 Å². The number of benzene rings is 1. The summed E-state index contributed by atoms with van der Waals surface area (Å²) in [6.45, 7) is 8.42. The van der Waals surface area contributed by atoms with E-state index in [-0.39, 0.29) is 10.8 Å². The summed E-state index contributed by atoms with van der Waals surface area (Å²) in [5.74, 6) is 0.590. The number of hydrogen-bond donors (Lipinski definition) is 1. The molecule has 0 aliphatic carbocycles. The Morgan fingerprint density at radius 1 is 1.33 bits per heavy atom. The zero-order chi connectivity index (χ0) is 13.9. The fraction of sp³-hybridized carbons (Fsp3) is 0.538. The molecule has 0 spiro atoms. The lowest BCUT2D eigenvalue weighted by Crippen LogP contribution is -2.15. The molecule has 0 aliphatic rings. The average molecular weight is 271 g/mol. The molecule has 0 fully saturated rings. The van der Waals surface area contributed by atoms with E-state index in [0.29, 0.717) is 12.4 Å². The van der Waals surface area contributed by atoms with Gasteiger partial charge in [-0.1, -0.05) is 20.8 Å². The molecule has 0 saturated heterocycles. The van der Waals surface area contributed by atoms with Crippen LogP contribution in [-0.2, 0) is 10.0 Å². The van der Waals surface area contributed by atoms with Crippen LogP contribution in [0.2, 0.25) is 0 Å². The van der Waals surface area contributed by atoms with Crippen molar-refractivity contribution in [2.45, 2.75) is 44.9 Å². The molecule has 102 valence electrons. The zero-order valence-corrected chi connectivity index (χ0v) is 12.2. The lowest BCUT2D eigenvalue weighted by atomic mass is 9.98. The van der Waals surface area contributed by atoms with Gasteiger partial charge in [0, 0.05) is 0 Å². The average Bonchev–Trinajstić information content (AvgIpc) is 2.23. The van der Waals surface area contributed by atoms with Gasteiger partial charge in [0.15, 0.2) is 0 Å². The van der Waals surface area contributed by atoms with Gasteiger partial charge in [0.25, 0.3) is 0 Å². The Kier molecular flexibility index (Phi) is 4.76. The first-order valence-electron chi connectivity index (χ1n) is 6.07. The van der Waals surface area contributed by atoms with Gasteiger partial charge in [-0.3, -0.25) is 0 Å². The predicted molar refractivity (Wildman–Crippen MR) is 72.4 cm³/mol. The number of aryl methyl sites for hydroxylation is 1. The highest BCUT2D eigenvalue weighted by Crippen LogP contribution is 2.30. The van der Waals surface area contributed by atoms with Gasteiger partial charge < -0.3 is 4.74 Å². The van der Waals surface area contributed by atoms with Gasteiger partial charge in [-0.2, -0.15) is 0 Å². The summed E-state index contributed by atoms with van der Waals surface area (Å²) in [4.78, 5) is 0.0743. The van der Waals surface area contributed by atoms with Crippen molar-refractivity contribution in [2.75, 3.05) is 6.61 Å². The van der Waals surface area contributed by atoms with E-state index >= 15 is 0 Å². The standard InChI is InChI=1S/C13H21NO3S/c1-5-6-17-12-7-10(4)11(9(2)3)8-13(12)18(14,15)16/h7-9H,5-6H2,1-4H3,(H2,14,15,16). The second-order valence-electron chi connectivity index (χ2n) is 4.70. The first-order chi connectivity index (χ1) is 8.27. The molecule has 5 heteroatoms. The quantitative estimate of drug-likeness (QED) is 0.894. The Bertz CT molecular complexity index is 521. The lowest BCUT2D eigenvalue weighted by Gasteiger charge is -2.16. The normalized spacial score (nSPS) is 11.9. The second-order valence-corrected chi connectivity index (χ2v) is 6.23. The van der Waals surface area contributed by atoms with Gasteiger partial charge in [0.05, 0.1) is 6.61 Å². The van der Waals surface area contributed by atoms with E-state index in [9.17, 15) is 8.42 Å². The third-order valence-corrected chi connectivity index (χ3v) is 3.65. The molecule has 0 heterocycles. The molecular formula is C13H21NO3S. The van der Waals surface area contributed by atoms with E-state index < -0.39 is 10.0 Å². The fourth-order valence-corrected chi connectivity index (χ4v) is 2.54. The van der Waals surface area contributed by atoms with Crippen molar-refractivity contribution in [3.05, 3.63) is 23.3 Å². The summed E-state index contributed by atoms with van der Waals surface area (Å²) in [6.07, 6.45) is 0.815. The van der Waals surface area contributed by atoms with Gasteiger partial charge in [-0.25, -0.2) is 13.6 Å². The van der Waals surface area contributed by atoms with Crippen LogP contribution in [0.5, 0.6) is 5.75 Å². The molecule has 0 atom stereocenters. The van der Waals surface area contributed by atoms with Crippen molar-refractivity contribution in [2.24, 2.45) is 5.14 Å². The van der Waals surface area contributed by atoms with Crippen LogP contribution in [0.15, 0.2) is 17.0 Å². The van der Waals surface area contributed by atoms with Crippen molar-refractivity contribution in [3.63, 3.8) is 0 Å². The Labute approximate surface area is 109 Å². The first kappa shape index (κ1) is 15.0. The van der Waals surface area contributed by atoms with Crippen molar-refractivity contribution >= 4 is 10.0 Å². The smallest absolute Gasteiger partial charge is 0.241 e. The van der Waals surface area contributed by atoms with Crippen LogP contribution < -0.4 is 9.88 Å². The van der Waals surface area contributed by atoms with Crippen molar-refractivity contribution in [1.82, 2.24) is 0 Å². The van der Waals surface area contributed by atoms with E-state index in [1.165, 1.54) is 0 Å². The summed E-state index contributed by atoms with van der Waals surface area (Å²) >= 11 is 0. The first-order valence-corrected chi connectivity index (χ1v) is 7.62. The molecule has 1 aromatic rings. The largest absolute Gasteiger partial charge is 0.492 e. The molecule has 0 aliphatic heterocycles. The highest BCUT2D eigenvalue weighted by atomic mass is 32.2. The summed E-state index contributed by atoms with van der Waals surface area (Å²) in [6, 6.07) is 3.38.